The van der Waals surface area contributed by atoms with E-state index < -0.39 is 0 Å². The van der Waals surface area contributed by atoms with E-state index in [9.17, 15) is 0 Å². The van der Waals surface area contributed by atoms with Crippen molar-refractivity contribution >= 4 is 0 Å². The van der Waals surface area contributed by atoms with Gasteiger partial charge >= 0.3 is 43.4 Å². The van der Waals surface area contributed by atoms with E-state index >= 15 is 0 Å². The molecule has 2 nitrogen and oxygen atoms in total. The predicted molar refractivity (Wildman–Crippen MR) is 34.7 cm³/mol. The molecule has 0 rings (SSSR count). The second kappa shape index (κ2) is 29.3. The molecule has 2 N–H and O–H groups in total. The fourth-order valence-electron chi connectivity index (χ4n) is 0. The minimum atomic E-state index is -0.167. The maximum atomic E-state index is 8.06. The maximum absolute atomic E-state index is 8.06. The molecule has 0 aliphatic carbocycles. The average molecular weight is 287 g/mol. The normalized spacial score (nSPS) is 6.00. The number of aliphatic hydroxyl groups is 2. The summed E-state index contributed by atoms with van der Waals surface area (Å²) in [6.45, 7) is 6.89. The molecule has 70 valence electrons. The van der Waals surface area contributed by atoms with Crippen LogP contribution in [0.5, 0.6) is 0 Å². The fraction of sp³-hybridized carbons (Fsp3) is 1.00. The summed E-state index contributed by atoms with van der Waals surface area (Å²) < 4.78 is 0. The van der Waals surface area contributed by atoms with Gasteiger partial charge in [0, 0.05) is 12.2 Å². The average Bonchev–Trinajstić information content (AvgIpc) is 1.25. The smallest absolute Gasteiger partial charge is 1.00 e. The molecule has 0 saturated heterocycles. The molecule has 0 aromatic heterocycles. The van der Waals surface area contributed by atoms with Gasteiger partial charge in [-0.2, -0.15) is 0 Å². The Labute approximate surface area is 117 Å². The minimum Gasteiger partial charge on any atom is -1.00 e. The van der Waals surface area contributed by atoms with Crippen LogP contribution in [0.25, 0.3) is 0 Å². The largest absolute Gasteiger partial charge is 4.00 e. The van der Waals surface area contributed by atoms with Gasteiger partial charge in [0.25, 0.3) is 0 Å². The quantitative estimate of drug-likeness (QED) is 0.437. The molecule has 0 spiro atoms. The van der Waals surface area contributed by atoms with Crippen molar-refractivity contribution in [2.45, 2.75) is 39.9 Å². The van der Waals surface area contributed by atoms with Gasteiger partial charge in [-0.1, -0.05) is 0 Å². The number of hydrogen-bond donors (Lipinski definition) is 2. The van der Waals surface area contributed by atoms with E-state index in [1.54, 1.807) is 27.7 Å². The summed E-state index contributed by atoms with van der Waals surface area (Å²) in [5.41, 5.74) is 0. The van der Waals surface area contributed by atoms with Crippen molar-refractivity contribution in [3.63, 3.8) is 0 Å². The first-order valence-electron chi connectivity index (χ1n) is 2.83. The Kier molecular flexibility index (Phi) is 90.3. The molecule has 0 fully saturated rings. The number of halogens is 2. The zero-order valence-corrected chi connectivity index (χ0v) is 12.4. The maximum Gasteiger partial charge on any atom is 4.00 e. The van der Waals surface area contributed by atoms with E-state index in [2.05, 4.69) is 0 Å². The second-order valence-electron chi connectivity index (χ2n) is 2.19. The van der Waals surface area contributed by atoms with Crippen LogP contribution in [0.2, 0.25) is 0 Å². The molecular weight excluding hydrogens is 271 g/mol. The molecule has 0 saturated carbocycles. The Morgan fingerprint density at radius 1 is 0.750 bits per heavy atom. The molecule has 0 unspecified atom stereocenters. The molecule has 0 aromatic carbocycles. The summed E-state index contributed by atoms with van der Waals surface area (Å²) in [7, 11) is 0. The molecule has 0 aliphatic heterocycles. The number of rotatable bonds is 0. The van der Waals surface area contributed by atoms with Crippen LogP contribution in [0.3, 0.4) is 0 Å². The van der Waals surface area contributed by atoms with Gasteiger partial charge in [-0.05, 0) is 27.7 Å². The number of hydrogen-bond acceptors (Lipinski definition) is 2. The first kappa shape index (κ1) is 37.0. The zero-order valence-electron chi connectivity index (χ0n) is 7.81. The summed E-state index contributed by atoms with van der Waals surface area (Å²) >= 11 is 0. The van der Waals surface area contributed by atoms with Crippen LogP contribution in [-0.4, -0.2) is 22.4 Å². The van der Waals surface area contributed by atoms with E-state index in [4.69, 9.17) is 10.2 Å². The van der Waals surface area contributed by atoms with Gasteiger partial charge in [0.2, 0.25) is 0 Å². The van der Waals surface area contributed by atoms with Crippen molar-refractivity contribution in [2.75, 3.05) is 0 Å². The molecule has 0 aromatic rings. The first-order chi connectivity index (χ1) is 3.46. The van der Waals surface area contributed by atoms with E-state index in [0.717, 1.165) is 0 Å². The summed E-state index contributed by atoms with van der Waals surface area (Å²) in [4.78, 5) is 0. The van der Waals surface area contributed by atoms with E-state index in [1.165, 1.54) is 0 Å². The molecule has 0 bridgehead atoms. The molecule has 0 aliphatic rings. The summed E-state index contributed by atoms with van der Waals surface area (Å²) in [6.07, 6.45) is -0.333. The van der Waals surface area contributed by atoms with Crippen molar-refractivity contribution in [3.8, 4) is 0 Å². The Morgan fingerprint density at radius 3 is 0.750 bits per heavy atom. The van der Waals surface area contributed by atoms with Gasteiger partial charge in [0.05, 0.1) is 0 Å². The standard InChI is InChI=1S/2C3H8O.2ClH.2Ti/c2*1-3(2)4;;;;/h2*3-4H,1-2H3;2*1H;;/q;;;;+2;+4/p-2. The van der Waals surface area contributed by atoms with Crippen LogP contribution in [0.4, 0.5) is 0 Å². The van der Waals surface area contributed by atoms with Crippen molar-refractivity contribution in [1.82, 2.24) is 0 Å². The molecule has 0 heterocycles. The van der Waals surface area contributed by atoms with Gasteiger partial charge in [-0.3, -0.25) is 0 Å². The van der Waals surface area contributed by atoms with Crippen LogP contribution in [0.1, 0.15) is 27.7 Å². The SMILES string of the molecule is CC(C)O.CC(C)O.[Cl-].[Cl-].[Ti+2].[Ti+4]. The summed E-state index contributed by atoms with van der Waals surface area (Å²) in [5, 5.41) is 16.1. The van der Waals surface area contributed by atoms with E-state index in [0.29, 0.717) is 0 Å². The molecule has 0 amide bonds. The van der Waals surface area contributed by atoms with Crippen LogP contribution < -0.4 is 24.8 Å². The Bertz CT molecular complexity index is 37.0. The summed E-state index contributed by atoms with van der Waals surface area (Å²) in [6, 6.07) is 0. The van der Waals surface area contributed by atoms with Crippen molar-refractivity contribution in [1.29, 1.82) is 0 Å². The Morgan fingerprint density at radius 2 is 0.750 bits per heavy atom. The fourth-order valence-corrected chi connectivity index (χ4v) is 0. The Hall–Kier alpha value is 1.93. The van der Waals surface area contributed by atoms with Crippen molar-refractivity contribution < 1.29 is 78.5 Å². The van der Waals surface area contributed by atoms with Gasteiger partial charge in [-0.25, -0.2) is 0 Å². The molecule has 0 radical (unpaired) electrons. The predicted octanol–water partition coefficient (Wildman–Crippen LogP) is -5.22. The van der Waals surface area contributed by atoms with Gasteiger partial charge in [0.15, 0.2) is 0 Å². The Balaban J connectivity index is -0.0000000112. The third-order valence-corrected chi connectivity index (χ3v) is 0. The van der Waals surface area contributed by atoms with Crippen LogP contribution in [0, 0.1) is 0 Å². The molecule has 12 heavy (non-hydrogen) atoms. The molecular formula is C6H16Cl2O2Ti2+4. The minimum absolute atomic E-state index is 0. The van der Waals surface area contributed by atoms with Gasteiger partial charge in [-0.15, -0.1) is 0 Å². The monoisotopic (exact) mass is 286 g/mol. The van der Waals surface area contributed by atoms with Crippen LogP contribution >= 0.6 is 0 Å². The second-order valence-corrected chi connectivity index (χ2v) is 2.19. The van der Waals surface area contributed by atoms with Gasteiger partial charge < -0.3 is 35.0 Å². The number of aliphatic hydroxyl groups excluding tert-OH is 2. The topological polar surface area (TPSA) is 40.5 Å². The zero-order chi connectivity index (χ0) is 7.15. The van der Waals surface area contributed by atoms with Gasteiger partial charge in [0.1, 0.15) is 0 Å². The molecule has 0 atom stereocenters. The van der Waals surface area contributed by atoms with Crippen LogP contribution in [-0.2, 0) is 43.4 Å². The van der Waals surface area contributed by atoms with Crippen molar-refractivity contribution in [2.24, 2.45) is 0 Å². The third-order valence-electron chi connectivity index (χ3n) is 0. The molecule has 6 heteroatoms. The van der Waals surface area contributed by atoms with Crippen molar-refractivity contribution in [3.05, 3.63) is 0 Å². The summed E-state index contributed by atoms with van der Waals surface area (Å²) in [5.74, 6) is 0. The third kappa shape index (κ3) is 383. The van der Waals surface area contributed by atoms with Crippen LogP contribution in [0.15, 0.2) is 0 Å². The van der Waals surface area contributed by atoms with E-state index in [1.807, 2.05) is 0 Å². The van der Waals surface area contributed by atoms with E-state index in [-0.39, 0.29) is 80.5 Å². The first-order valence-corrected chi connectivity index (χ1v) is 2.83.